The van der Waals surface area contributed by atoms with Gasteiger partial charge < -0.3 is 15.2 Å². The molecule has 0 bridgehead atoms. The molecule has 2 N–H and O–H groups in total. The summed E-state index contributed by atoms with van der Waals surface area (Å²) in [7, 11) is 1.57. The third-order valence-electron chi connectivity index (χ3n) is 2.75. The standard InChI is InChI=1S/C15H19NO4S/c1-20-12-5-3-4-11(10-12)6-7-14(17)16-13(15(18)19)8-9-21-2/h3-7,10,13H,8-9H2,1-2H3,(H,16,17)(H,18,19)/b7-6+. The van der Waals surface area contributed by atoms with Crippen LogP contribution >= 0.6 is 11.8 Å². The Morgan fingerprint density at radius 1 is 1.48 bits per heavy atom. The molecule has 6 heteroatoms. The second-order valence-electron chi connectivity index (χ2n) is 4.29. The van der Waals surface area contributed by atoms with Crippen molar-refractivity contribution in [2.75, 3.05) is 19.1 Å². The quantitative estimate of drug-likeness (QED) is 0.719. The van der Waals surface area contributed by atoms with Crippen molar-refractivity contribution in [1.29, 1.82) is 0 Å². The Labute approximate surface area is 128 Å². The highest BCUT2D eigenvalue weighted by Crippen LogP contribution is 2.13. The van der Waals surface area contributed by atoms with Gasteiger partial charge in [-0.05, 0) is 42.2 Å². The van der Waals surface area contributed by atoms with E-state index in [0.717, 1.165) is 5.56 Å². The van der Waals surface area contributed by atoms with Gasteiger partial charge in [-0.2, -0.15) is 11.8 Å². The van der Waals surface area contributed by atoms with Crippen LogP contribution in [-0.2, 0) is 9.59 Å². The largest absolute Gasteiger partial charge is 0.497 e. The van der Waals surface area contributed by atoms with Gasteiger partial charge in [0.05, 0.1) is 7.11 Å². The van der Waals surface area contributed by atoms with Gasteiger partial charge >= 0.3 is 5.97 Å². The van der Waals surface area contributed by atoms with E-state index in [1.807, 2.05) is 18.4 Å². The summed E-state index contributed by atoms with van der Waals surface area (Å²) in [5.41, 5.74) is 0.806. The van der Waals surface area contributed by atoms with Crippen molar-refractivity contribution in [1.82, 2.24) is 5.32 Å². The molecule has 1 atom stereocenters. The van der Waals surface area contributed by atoms with Crippen LogP contribution in [-0.4, -0.2) is 42.1 Å². The Kier molecular flexibility index (Phi) is 7.39. The van der Waals surface area contributed by atoms with Crippen LogP contribution in [0, 0.1) is 0 Å². The summed E-state index contributed by atoms with van der Waals surface area (Å²) >= 11 is 1.54. The zero-order chi connectivity index (χ0) is 15.7. The summed E-state index contributed by atoms with van der Waals surface area (Å²) in [5.74, 6) is -0.0731. The van der Waals surface area contributed by atoms with Crippen molar-refractivity contribution >= 4 is 29.7 Å². The number of benzene rings is 1. The van der Waals surface area contributed by atoms with Crippen LogP contribution in [0.3, 0.4) is 0 Å². The Balaban J connectivity index is 2.62. The van der Waals surface area contributed by atoms with Crippen LogP contribution in [0.15, 0.2) is 30.3 Å². The molecule has 0 aliphatic rings. The number of nitrogens with one attached hydrogen (secondary N) is 1. The number of thioether (sulfide) groups is 1. The maximum absolute atomic E-state index is 11.7. The van der Waals surface area contributed by atoms with Crippen LogP contribution in [0.5, 0.6) is 5.75 Å². The number of carbonyl (C=O) groups excluding carboxylic acids is 1. The highest BCUT2D eigenvalue weighted by Gasteiger charge is 2.17. The molecule has 1 aromatic rings. The molecule has 0 aliphatic heterocycles. The second kappa shape index (κ2) is 9.07. The lowest BCUT2D eigenvalue weighted by Crippen LogP contribution is -2.40. The summed E-state index contributed by atoms with van der Waals surface area (Å²) in [6.07, 6.45) is 5.23. The molecule has 0 saturated heterocycles. The summed E-state index contributed by atoms with van der Waals surface area (Å²) in [5, 5.41) is 11.5. The Morgan fingerprint density at radius 2 is 2.24 bits per heavy atom. The Morgan fingerprint density at radius 3 is 2.86 bits per heavy atom. The van der Waals surface area contributed by atoms with Crippen molar-refractivity contribution in [3.63, 3.8) is 0 Å². The van der Waals surface area contributed by atoms with Gasteiger partial charge in [0, 0.05) is 6.08 Å². The first kappa shape index (κ1) is 17.1. The number of amides is 1. The van der Waals surface area contributed by atoms with E-state index in [-0.39, 0.29) is 0 Å². The lowest BCUT2D eigenvalue weighted by molar-refractivity contribution is -0.141. The molecule has 0 radical (unpaired) electrons. The number of carboxylic acids is 1. The topological polar surface area (TPSA) is 75.6 Å². The fourth-order valence-electron chi connectivity index (χ4n) is 1.63. The smallest absolute Gasteiger partial charge is 0.326 e. The number of carboxylic acid groups (broad SMARTS) is 1. The van der Waals surface area contributed by atoms with Crippen LogP contribution < -0.4 is 10.1 Å². The highest BCUT2D eigenvalue weighted by molar-refractivity contribution is 7.98. The van der Waals surface area contributed by atoms with Gasteiger partial charge in [0.1, 0.15) is 11.8 Å². The van der Waals surface area contributed by atoms with E-state index in [1.54, 1.807) is 37.1 Å². The van der Waals surface area contributed by atoms with Crippen LogP contribution in [0.1, 0.15) is 12.0 Å². The average molecular weight is 309 g/mol. The number of ether oxygens (including phenoxy) is 1. The molecule has 0 aliphatic carbocycles. The second-order valence-corrected chi connectivity index (χ2v) is 5.28. The number of hydrogen-bond acceptors (Lipinski definition) is 4. The predicted octanol–water partition coefficient (Wildman–Crippen LogP) is 2.03. The third-order valence-corrected chi connectivity index (χ3v) is 3.39. The lowest BCUT2D eigenvalue weighted by atomic mass is 10.2. The zero-order valence-corrected chi connectivity index (χ0v) is 12.9. The zero-order valence-electron chi connectivity index (χ0n) is 12.0. The van der Waals surface area contributed by atoms with E-state index < -0.39 is 17.9 Å². The maximum Gasteiger partial charge on any atom is 0.326 e. The molecule has 1 aromatic carbocycles. The minimum absolute atomic E-state index is 0.398. The minimum Gasteiger partial charge on any atom is -0.497 e. The van der Waals surface area contributed by atoms with Crippen molar-refractivity contribution in [3.05, 3.63) is 35.9 Å². The number of aliphatic carboxylic acids is 1. The van der Waals surface area contributed by atoms with Gasteiger partial charge in [0.15, 0.2) is 0 Å². The molecule has 5 nitrogen and oxygen atoms in total. The van der Waals surface area contributed by atoms with Gasteiger partial charge in [-0.15, -0.1) is 0 Å². The monoisotopic (exact) mass is 309 g/mol. The fraction of sp³-hybridized carbons (Fsp3) is 0.333. The molecule has 0 heterocycles. The molecule has 0 aromatic heterocycles. The first-order valence-corrected chi connectivity index (χ1v) is 7.80. The van der Waals surface area contributed by atoms with Gasteiger partial charge in [-0.1, -0.05) is 12.1 Å². The van der Waals surface area contributed by atoms with Gasteiger partial charge in [0.2, 0.25) is 5.91 Å². The van der Waals surface area contributed by atoms with Gasteiger partial charge in [0.25, 0.3) is 0 Å². The summed E-state index contributed by atoms with van der Waals surface area (Å²) in [6.45, 7) is 0. The summed E-state index contributed by atoms with van der Waals surface area (Å²) in [6, 6.07) is 6.37. The van der Waals surface area contributed by atoms with Crippen LogP contribution in [0.25, 0.3) is 6.08 Å². The molecule has 0 fully saturated rings. The maximum atomic E-state index is 11.7. The molecule has 114 valence electrons. The Bertz CT molecular complexity index is 516. The Hall–Kier alpha value is -1.95. The van der Waals surface area contributed by atoms with Gasteiger partial charge in [-0.3, -0.25) is 4.79 Å². The SMILES string of the molecule is COc1cccc(/C=C/C(=O)NC(CCSC)C(=O)O)c1. The minimum atomic E-state index is -1.02. The molecular formula is C15H19NO4S. The number of hydrogen-bond donors (Lipinski definition) is 2. The predicted molar refractivity (Wildman–Crippen MR) is 84.6 cm³/mol. The molecule has 1 unspecified atom stereocenters. The first-order chi connectivity index (χ1) is 10.1. The molecule has 1 rings (SSSR count). The molecule has 21 heavy (non-hydrogen) atoms. The average Bonchev–Trinajstić information content (AvgIpc) is 2.49. The highest BCUT2D eigenvalue weighted by atomic mass is 32.2. The first-order valence-electron chi connectivity index (χ1n) is 6.41. The van der Waals surface area contributed by atoms with Crippen molar-refractivity contribution in [3.8, 4) is 5.75 Å². The summed E-state index contributed by atoms with van der Waals surface area (Å²) in [4.78, 5) is 22.8. The van der Waals surface area contributed by atoms with Crippen molar-refractivity contribution in [2.45, 2.75) is 12.5 Å². The van der Waals surface area contributed by atoms with Crippen LogP contribution in [0.2, 0.25) is 0 Å². The molecule has 0 spiro atoms. The lowest BCUT2D eigenvalue weighted by Gasteiger charge is -2.12. The van der Waals surface area contributed by atoms with Crippen molar-refractivity contribution < 1.29 is 19.4 Å². The normalized spacial score (nSPS) is 12.1. The molecule has 1 amide bonds. The van der Waals surface area contributed by atoms with Crippen molar-refractivity contribution in [2.24, 2.45) is 0 Å². The number of rotatable bonds is 8. The van der Waals surface area contributed by atoms with Gasteiger partial charge in [-0.25, -0.2) is 4.79 Å². The summed E-state index contributed by atoms with van der Waals surface area (Å²) < 4.78 is 5.09. The molecular weight excluding hydrogens is 290 g/mol. The molecule has 0 saturated carbocycles. The van der Waals surface area contributed by atoms with E-state index in [2.05, 4.69) is 5.32 Å². The van der Waals surface area contributed by atoms with E-state index in [4.69, 9.17) is 9.84 Å². The van der Waals surface area contributed by atoms with E-state index in [9.17, 15) is 9.59 Å². The number of methoxy groups -OCH3 is 1. The van der Waals surface area contributed by atoms with E-state index in [1.165, 1.54) is 6.08 Å². The van der Waals surface area contributed by atoms with Crippen LogP contribution in [0.4, 0.5) is 0 Å². The fourth-order valence-corrected chi connectivity index (χ4v) is 2.10. The van der Waals surface area contributed by atoms with E-state index in [0.29, 0.717) is 17.9 Å². The number of carbonyl (C=O) groups is 2. The third kappa shape index (κ3) is 6.35. The van der Waals surface area contributed by atoms with E-state index >= 15 is 0 Å².